The van der Waals surface area contributed by atoms with Crippen LogP contribution in [0.2, 0.25) is 0 Å². The molecule has 0 bridgehead atoms. The van der Waals surface area contributed by atoms with Crippen LogP contribution in [0.4, 0.5) is 0 Å². The van der Waals surface area contributed by atoms with Crippen LogP contribution in [0.5, 0.6) is 0 Å². The molecule has 4 nitrogen and oxygen atoms in total. The van der Waals surface area contributed by atoms with E-state index in [2.05, 4.69) is 10.6 Å². The Labute approximate surface area is 107 Å². The van der Waals surface area contributed by atoms with Crippen LogP contribution in [-0.2, 0) is 13.1 Å². The van der Waals surface area contributed by atoms with Crippen molar-refractivity contribution in [2.24, 2.45) is 0 Å². The molecule has 1 aliphatic heterocycles. The number of aliphatic hydroxyl groups is 1. The summed E-state index contributed by atoms with van der Waals surface area (Å²) >= 11 is 0. The van der Waals surface area contributed by atoms with Gasteiger partial charge in [0.05, 0.1) is 12.1 Å². The van der Waals surface area contributed by atoms with Gasteiger partial charge in [0.2, 0.25) is 0 Å². The number of hydrogen-bond acceptors (Lipinski definition) is 3. The van der Waals surface area contributed by atoms with Gasteiger partial charge in [-0.2, -0.15) is 0 Å². The number of nitrogens with one attached hydrogen (secondary N) is 2. The van der Waals surface area contributed by atoms with Crippen LogP contribution < -0.4 is 10.6 Å². The van der Waals surface area contributed by atoms with Crippen molar-refractivity contribution in [1.29, 1.82) is 0 Å². The maximum Gasteiger partial charge on any atom is 0.251 e. The lowest BCUT2D eigenvalue weighted by molar-refractivity contribution is 0.0847. The molecule has 1 amide bonds. The number of carbonyl (C=O) groups excluding carboxylic acids is 1. The van der Waals surface area contributed by atoms with Crippen molar-refractivity contribution in [3.63, 3.8) is 0 Å². The van der Waals surface area contributed by atoms with Gasteiger partial charge in [-0.3, -0.25) is 4.79 Å². The van der Waals surface area contributed by atoms with Gasteiger partial charge in [-0.05, 0) is 36.6 Å². The third-order valence-corrected chi connectivity index (χ3v) is 3.64. The summed E-state index contributed by atoms with van der Waals surface area (Å²) in [4.78, 5) is 12.1. The maximum absolute atomic E-state index is 12.1. The van der Waals surface area contributed by atoms with E-state index in [1.165, 1.54) is 11.1 Å². The van der Waals surface area contributed by atoms with Gasteiger partial charge in [0.1, 0.15) is 0 Å². The first kappa shape index (κ1) is 13.1. The lowest BCUT2D eigenvalue weighted by atomic mass is 9.99. The van der Waals surface area contributed by atoms with E-state index in [9.17, 15) is 9.90 Å². The fourth-order valence-corrected chi connectivity index (χ4v) is 2.02. The first-order valence-electron chi connectivity index (χ1n) is 6.34. The highest BCUT2D eigenvalue weighted by Gasteiger charge is 2.24. The van der Waals surface area contributed by atoms with Crippen molar-refractivity contribution in [1.82, 2.24) is 10.6 Å². The molecule has 1 atom stereocenters. The zero-order chi connectivity index (χ0) is 13.2. The molecular weight excluding hydrogens is 228 g/mol. The second-order valence-electron chi connectivity index (χ2n) is 5.11. The highest BCUT2D eigenvalue weighted by Crippen LogP contribution is 2.18. The van der Waals surface area contributed by atoms with Crippen molar-refractivity contribution >= 4 is 5.91 Å². The molecule has 18 heavy (non-hydrogen) atoms. The van der Waals surface area contributed by atoms with Crippen molar-refractivity contribution in [2.75, 3.05) is 6.61 Å². The van der Waals surface area contributed by atoms with E-state index in [0.29, 0.717) is 12.0 Å². The van der Waals surface area contributed by atoms with E-state index in [-0.39, 0.29) is 12.5 Å². The van der Waals surface area contributed by atoms with E-state index in [1.54, 1.807) is 0 Å². The molecule has 0 saturated carbocycles. The summed E-state index contributed by atoms with van der Waals surface area (Å²) in [7, 11) is 0. The smallest absolute Gasteiger partial charge is 0.251 e. The fourth-order valence-electron chi connectivity index (χ4n) is 2.02. The van der Waals surface area contributed by atoms with E-state index in [4.69, 9.17) is 0 Å². The molecule has 0 spiro atoms. The molecule has 1 heterocycles. The lowest BCUT2D eigenvalue weighted by Gasteiger charge is -2.27. The van der Waals surface area contributed by atoms with Gasteiger partial charge in [0.25, 0.3) is 5.91 Å². The topological polar surface area (TPSA) is 61.4 Å². The van der Waals surface area contributed by atoms with E-state index in [1.807, 2.05) is 32.0 Å². The molecule has 3 N–H and O–H groups in total. The van der Waals surface area contributed by atoms with Crippen LogP contribution in [0.3, 0.4) is 0 Å². The van der Waals surface area contributed by atoms with Gasteiger partial charge < -0.3 is 15.7 Å². The number of amides is 1. The first-order valence-corrected chi connectivity index (χ1v) is 6.34. The third-order valence-electron chi connectivity index (χ3n) is 3.64. The molecule has 0 saturated heterocycles. The van der Waals surface area contributed by atoms with Crippen LogP contribution >= 0.6 is 0 Å². The van der Waals surface area contributed by atoms with Gasteiger partial charge in [-0.15, -0.1) is 0 Å². The van der Waals surface area contributed by atoms with Crippen molar-refractivity contribution < 1.29 is 9.90 Å². The molecule has 0 aromatic heterocycles. The van der Waals surface area contributed by atoms with Gasteiger partial charge >= 0.3 is 0 Å². The molecule has 0 fully saturated rings. The van der Waals surface area contributed by atoms with Crippen molar-refractivity contribution in [3.8, 4) is 0 Å². The first-order chi connectivity index (χ1) is 8.58. The second-order valence-corrected chi connectivity index (χ2v) is 5.11. The monoisotopic (exact) mass is 248 g/mol. The van der Waals surface area contributed by atoms with Gasteiger partial charge in [-0.25, -0.2) is 0 Å². The molecule has 1 unspecified atom stereocenters. The van der Waals surface area contributed by atoms with E-state index in [0.717, 1.165) is 13.1 Å². The van der Waals surface area contributed by atoms with Crippen molar-refractivity contribution in [2.45, 2.75) is 38.9 Å². The Morgan fingerprint density at radius 2 is 2.17 bits per heavy atom. The Morgan fingerprint density at radius 3 is 2.83 bits per heavy atom. The number of benzene rings is 1. The molecule has 1 aliphatic rings. The molecule has 2 rings (SSSR count). The fraction of sp³-hybridized carbons (Fsp3) is 0.500. The quantitative estimate of drug-likeness (QED) is 0.750. The standard InChI is InChI=1S/C14H20N2O2/c1-3-14(2,9-17)16-13(18)10-4-5-11-7-15-8-12(11)6-10/h4-6,15,17H,3,7-9H2,1-2H3,(H,16,18). The minimum absolute atomic E-state index is 0.0538. The molecule has 1 aromatic rings. The second kappa shape index (κ2) is 5.08. The Balaban J connectivity index is 2.14. The van der Waals surface area contributed by atoms with Gasteiger partial charge in [0.15, 0.2) is 0 Å². The Kier molecular flexibility index (Phi) is 3.68. The average Bonchev–Trinajstić information content (AvgIpc) is 2.85. The largest absolute Gasteiger partial charge is 0.394 e. The van der Waals surface area contributed by atoms with Crippen LogP contribution in [0.25, 0.3) is 0 Å². The lowest BCUT2D eigenvalue weighted by Crippen LogP contribution is -2.48. The van der Waals surface area contributed by atoms with Crippen LogP contribution in [-0.4, -0.2) is 23.2 Å². The molecule has 0 aliphatic carbocycles. The number of aliphatic hydroxyl groups excluding tert-OH is 1. The molecule has 1 aromatic carbocycles. The Hall–Kier alpha value is -1.39. The van der Waals surface area contributed by atoms with Gasteiger partial charge in [0, 0.05) is 18.7 Å². The van der Waals surface area contributed by atoms with E-state index < -0.39 is 5.54 Å². The average molecular weight is 248 g/mol. The summed E-state index contributed by atoms with van der Waals surface area (Å²) in [6.45, 7) is 5.44. The highest BCUT2D eigenvalue weighted by atomic mass is 16.3. The maximum atomic E-state index is 12.1. The van der Waals surface area contributed by atoms with Gasteiger partial charge in [-0.1, -0.05) is 13.0 Å². The number of hydrogen-bond donors (Lipinski definition) is 3. The predicted molar refractivity (Wildman–Crippen MR) is 70.2 cm³/mol. The van der Waals surface area contributed by atoms with Crippen LogP contribution in [0, 0.1) is 0 Å². The highest BCUT2D eigenvalue weighted by molar-refractivity contribution is 5.95. The summed E-state index contributed by atoms with van der Waals surface area (Å²) in [5.74, 6) is -0.122. The van der Waals surface area contributed by atoms with Crippen LogP contribution in [0.1, 0.15) is 41.8 Å². The molecular formula is C14H20N2O2. The molecule has 98 valence electrons. The normalized spacial score (nSPS) is 17.1. The zero-order valence-electron chi connectivity index (χ0n) is 10.9. The summed E-state index contributed by atoms with van der Waals surface area (Å²) < 4.78 is 0. The van der Waals surface area contributed by atoms with Crippen LogP contribution in [0.15, 0.2) is 18.2 Å². The number of carbonyl (C=O) groups is 1. The minimum Gasteiger partial charge on any atom is -0.394 e. The summed E-state index contributed by atoms with van der Waals surface area (Å²) in [5.41, 5.74) is 2.55. The summed E-state index contributed by atoms with van der Waals surface area (Å²) in [6, 6.07) is 5.76. The zero-order valence-corrected chi connectivity index (χ0v) is 10.9. The number of fused-ring (bicyclic) bond motifs is 1. The Morgan fingerprint density at radius 1 is 1.44 bits per heavy atom. The predicted octanol–water partition coefficient (Wildman–Crippen LogP) is 1.18. The Bertz CT molecular complexity index is 453. The summed E-state index contributed by atoms with van der Waals surface area (Å²) in [6.07, 6.45) is 0.696. The molecule has 0 radical (unpaired) electrons. The SMILES string of the molecule is CCC(C)(CO)NC(=O)c1ccc2c(c1)CNC2. The van der Waals surface area contributed by atoms with E-state index >= 15 is 0 Å². The van der Waals surface area contributed by atoms with Crippen molar-refractivity contribution in [3.05, 3.63) is 34.9 Å². The third kappa shape index (κ3) is 2.54. The minimum atomic E-state index is -0.547. The molecule has 4 heteroatoms. The number of rotatable bonds is 4. The summed E-state index contributed by atoms with van der Waals surface area (Å²) in [5, 5.41) is 15.5.